The van der Waals surface area contributed by atoms with Crippen molar-refractivity contribution >= 4 is 5.97 Å². The van der Waals surface area contributed by atoms with E-state index in [1.165, 1.54) is 0 Å². The molecule has 1 heterocycles. The van der Waals surface area contributed by atoms with Crippen molar-refractivity contribution < 1.29 is 9.53 Å². The number of hydrogen-bond acceptors (Lipinski definition) is 4. The Balaban J connectivity index is 2.37. The van der Waals surface area contributed by atoms with Crippen LogP contribution in [0.4, 0.5) is 0 Å². The van der Waals surface area contributed by atoms with Crippen molar-refractivity contribution in [3.05, 3.63) is 0 Å². The lowest BCUT2D eigenvalue weighted by atomic mass is 10.2. The third-order valence-electron chi connectivity index (χ3n) is 2.71. The van der Waals surface area contributed by atoms with Gasteiger partial charge in [-0.2, -0.15) is 0 Å². The van der Waals surface area contributed by atoms with Crippen LogP contribution in [0.3, 0.4) is 0 Å². The smallest absolute Gasteiger partial charge is 0.323 e. The molecule has 4 heteroatoms. The summed E-state index contributed by atoms with van der Waals surface area (Å²) in [7, 11) is 2.10. The zero-order valence-corrected chi connectivity index (χ0v) is 9.32. The van der Waals surface area contributed by atoms with E-state index in [4.69, 9.17) is 4.74 Å². The van der Waals surface area contributed by atoms with Gasteiger partial charge < -0.3 is 9.64 Å². The summed E-state index contributed by atoms with van der Waals surface area (Å²) in [4.78, 5) is 15.9. The zero-order valence-electron chi connectivity index (χ0n) is 9.32. The first kappa shape index (κ1) is 11.5. The molecule has 0 bridgehead atoms. The molecule has 4 nitrogen and oxygen atoms in total. The molecule has 0 aromatic rings. The molecule has 0 aromatic heterocycles. The molecule has 0 radical (unpaired) electrons. The van der Waals surface area contributed by atoms with E-state index in [2.05, 4.69) is 16.8 Å². The van der Waals surface area contributed by atoms with Crippen LogP contribution >= 0.6 is 0 Å². The topological polar surface area (TPSA) is 32.8 Å². The minimum Gasteiger partial charge on any atom is -0.465 e. The van der Waals surface area contributed by atoms with Crippen molar-refractivity contribution in [3.8, 4) is 0 Å². The average Bonchev–Trinajstić information content (AvgIpc) is 2.18. The van der Waals surface area contributed by atoms with Gasteiger partial charge in [0.15, 0.2) is 0 Å². The lowest BCUT2D eigenvalue weighted by Crippen LogP contribution is -2.50. The monoisotopic (exact) mass is 200 g/mol. The second-order valence-electron chi connectivity index (χ2n) is 3.77. The highest BCUT2D eigenvalue weighted by atomic mass is 16.5. The van der Waals surface area contributed by atoms with Crippen LogP contribution in [0.15, 0.2) is 0 Å². The van der Waals surface area contributed by atoms with E-state index < -0.39 is 0 Å². The van der Waals surface area contributed by atoms with E-state index in [9.17, 15) is 4.79 Å². The van der Waals surface area contributed by atoms with E-state index in [-0.39, 0.29) is 12.0 Å². The summed E-state index contributed by atoms with van der Waals surface area (Å²) in [5.74, 6) is -0.1000. The van der Waals surface area contributed by atoms with Gasteiger partial charge in [-0.05, 0) is 20.9 Å². The first-order valence-corrected chi connectivity index (χ1v) is 5.24. The quantitative estimate of drug-likeness (QED) is 0.609. The van der Waals surface area contributed by atoms with Crippen molar-refractivity contribution in [2.75, 3.05) is 39.8 Å². The van der Waals surface area contributed by atoms with E-state index in [1.807, 2.05) is 13.8 Å². The Labute approximate surface area is 85.8 Å². The molecule has 1 aliphatic rings. The van der Waals surface area contributed by atoms with Crippen LogP contribution in [0.1, 0.15) is 13.8 Å². The lowest BCUT2D eigenvalue weighted by Gasteiger charge is -2.35. The summed E-state index contributed by atoms with van der Waals surface area (Å²) >= 11 is 0. The molecule has 0 unspecified atom stereocenters. The maximum Gasteiger partial charge on any atom is 0.323 e. The number of esters is 1. The number of carbonyl (C=O) groups excluding carboxylic acids is 1. The van der Waals surface area contributed by atoms with Crippen molar-refractivity contribution in [2.24, 2.45) is 0 Å². The van der Waals surface area contributed by atoms with Crippen molar-refractivity contribution in [1.82, 2.24) is 9.80 Å². The molecule has 1 fully saturated rings. The van der Waals surface area contributed by atoms with E-state index in [1.54, 1.807) is 0 Å². The van der Waals surface area contributed by atoms with Crippen molar-refractivity contribution in [1.29, 1.82) is 0 Å². The number of hydrogen-bond donors (Lipinski definition) is 0. The Hall–Kier alpha value is -0.610. The fraction of sp³-hybridized carbons (Fsp3) is 0.900. The van der Waals surface area contributed by atoms with Gasteiger partial charge in [0.05, 0.1) is 6.61 Å². The van der Waals surface area contributed by atoms with Gasteiger partial charge in [-0.15, -0.1) is 0 Å². The summed E-state index contributed by atoms with van der Waals surface area (Å²) in [6.45, 7) is 8.20. The molecule has 82 valence electrons. The molecule has 14 heavy (non-hydrogen) atoms. The summed E-state index contributed by atoms with van der Waals surface area (Å²) < 4.78 is 4.99. The molecule has 0 aromatic carbocycles. The summed E-state index contributed by atoms with van der Waals surface area (Å²) in [5.41, 5.74) is 0. The molecule has 0 amide bonds. The molecular formula is C10H20N2O2. The number of likely N-dealkylation sites (N-methyl/N-ethyl adjacent to an activating group) is 1. The number of rotatable bonds is 3. The maximum atomic E-state index is 11.4. The zero-order chi connectivity index (χ0) is 10.6. The number of ether oxygens (including phenoxy) is 1. The van der Waals surface area contributed by atoms with Crippen LogP contribution in [0.5, 0.6) is 0 Å². The maximum absolute atomic E-state index is 11.4. The van der Waals surface area contributed by atoms with Crippen molar-refractivity contribution in [3.63, 3.8) is 0 Å². The predicted molar refractivity (Wildman–Crippen MR) is 55.2 cm³/mol. The molecule has 0 saturated carbocycles. The van der Waals surface area contributed by atoms with Gasteiger partial charge in [-0.1, -0.05) is 0 Å². The first-order chi connectivity index (χ1) is 6.65. The molecule has 1 aliphatic heterocycles. The highest BCUT2D eigenvalue weighted by Gasteiger charge is 2.24. The van der Waals surface area contributed by atoms with Gasteiger partial charge >= 0.3 is 5.97 Å². The largest absolute Gasteiger partial charge is 0.465 e. The van der Waals surface area contributed by atoms with Gasteiger partial charge in [0.2, 0.25) is 0 Å². The Morgan fingerprint density at radius 1 is 1.36 bits per heavy atom. The third kappa shape index (κ3) is 2.96. The molecule has 1 saturated heterocycles. The van der Waals surface area contributed by atoms with Crippen LogP contribution in [-0.4, -0.2) is 61.6 Å². The van der Waals surface area contributed by atoms with Crippen LogP contribution in [-0.2, 0) is 9.53 Å². The standard InChI is InChI=1S/C10H20N2O2/c1-4-14-10(13)9(2)12-7-5-11(3)6-8-12/h9H,4-8H2,1-3H3/t9-/m0/s1. The third-order valence-corrected chi connectivity index (χ3v) is 2.71. The highest BCUT2D eigenvalue weighted by molar-refractivity contribution is 5.75. The SMILES string of the molecule is CCOC(=O)[C@H](C)N1CCN(C)CC1. The van der Waals surface area contributed by atoms with Gasteiger partial charge in [0.25, 0.3) is 0 Å². The number of carbonyl (C=O) groups is 1. The average molecular weight is 200 g/mol. The van der Waals surface area contributed by atoms with Crippen LogP contribution in [0, 0.1) is 0 Å². The van der Waals surface area contributed by atoms with Crippen LogP contribution in [0.2, 0.25) is 0 Å². The molecule has 1 atom stereocenters. The minimum absolute atomic E-state index is 0.0938. The van der Waals surface area contributed by atoms with Gasteiger partial charge in [-0.3, -0.25) is 9.69 Å². The lowest BCUT2D eigenvalue weighted by molar-refractivity contribution is -0.149. The normalized spacial score (nSPS) is 21.9. The summed E-state index contributed by atoms with van der Waals surface area (Å²) in [6.07, 6.45) is 0. The van der Waals surface area contributed by atoms with E-state index >= 15 is 0 Å². The summed E-state index contributed by atoms with van der Waals surface area (Å²) in [6, 6.07) is -0.0938. The number of nitrogens with zero attached hydrogens (tertiary/aromatic N) is 2. The molecule has 0 aliphatic carbocycles. The molecular weight excluding hydrogens is 180 g/mol. The molecule has 0 N–H and O–H groups in total. The Morgan fingerprint density at radius 2 is 1.93 bits per heavy atom. The minimum atomic E-state index is -0.1000. The molecule has 1 rings (SSSR count). The Morgan fingerprint density at radius 3 is 2.43 bits per heavy atom. The van der Waals surface area contributed by atoms with Crippen LogP contribution in [0.25, 0.3) is 0 Å². The highest BCUT2D eigenvalue weighted by Crippen LogP contribution is 2.06. The Bertz CT molecular complexity index is 189. The Kier molecular flexibility index (Phi) is 4.35. The molecule has 0 spiro atoms. The second-order valence-corrected chi connectivity index (χ2v) is 3.77. The van der Waals surface area contributed by atoms with Crippen LogP contribution < -0.4 is 0 Å². The fourth-order valence-corrected chi connectivity index (χ4v) is 1.62. The second kappa shape index (κ2) is 5.32. The number of piperazine rings is 1. The predicted octanol–water partition coefficient (Wildman–Crippen LogP) is 0.185. The van der Waals surface area contributed by atoms with Crippen molar-refractivity contribution in [2.45, 2.75) is 19.9 Å². The van der Waals surface area contributed by atoms with E-state index in [0.29, 0.717) is 6.61 Å². The van der Waals surface area contributed by atoms with Gasteiger partial charge in [-0.25, -0.2) is 0 Å². The fourth-order valence-electron chi connectivity index (χ4n) is 1.62. The summed E-state index contributed by atoms with van der Waals surface area (Å²) in [5, 5.41) is 0. The van der Waals surface area contributed by atoms with E-state index in [0.717, 1.165) is 26.2 Å². The van der Waals surface area contributed by atoms with Gasteiger partial charge in [0.1, 0.15) is 6.04 Å². The first-order valence-electron chi connectivity index (χ1n) is 5.24. The van der Waals surface area contributed by atoms with Gasteiger partial charge in [0, 0.05) is 26.2 Å².